The van der Waals surface area contributed by atoms with Gasteiger partial charge in [0.25, 0.3) is 0 Å². The van der Waals surface area contributed by atoms with Crippen LogP contribution in [0.5, 0.6) is 0 Å². The second kappa shape index (κ2) is 7.02. The number of aromatic nitrogens is 2. The van der Waals surface area contributed by atoms with E-state index in [9.17, 15) is 0 Å². The Morgan fingerprint density at radius 2 is 2.38 bits per heavy atom. The molecule has 1 aliphatic heterocycles. The summed E-state index contributed by atoms with van der Waals surface area (Å²) in [6.07, 6.45) is 3.70. The number of nitrogens with zero attached hydrogens (tertiary/aromatic N) is 3. The van der Waals surface area contributed by atoms with Crippen LogP contribution in [0.15, 0.2) is 41.7 Å². The lowest BCUT2D eigenvalue weighted by molar-refractivity contribution is 0.0933. The molecule has 3 heterocycles. The normalized spacial score (nSPS) is 19.1. The van der Waals surface area contributed by atoms with Crippen LogP contribution < -0.4 is 0 Å². The molecule has 21 heavy (non-hydrogen) atoms. The lowest BCUT2D eigenvalue weighted by atomic mass is 10.1. The van der Waals surface area contributed by atoms with Gasteiger partial charge in [-0.15, -0.1) is 6.58 Å². The predicted octanol–water partition coefficient (Wildman–Crippen LogP) is 2.78. The van der Waals surface area contributed by atoms with E-state index in [0.717, 1.165) is 32.8 Å². The minimum Gasteiger partial charge on any atom is -0.377 e. The highest BCUT2D eigenvalue weighted by Crippen LogP contribution is 2.19. The topological polar surface area (TPSA) is 30.3 Å². The Kier molecular flexibility index (Phi) is 4.85. The molecule has 0 radical (unpaired) electrons. The van der Waals surface area contributed by atoms with Gasteiger partial charge in [-0.25, -0.2) is 0 Å². The summed E-state index contributed by atoms with van der Waals surface area (Å²) in [6, 6.07) is 4.32. The van der Waals surface area contributed by atoms with Crippen LogP contribution in [0.1, 0.15) is 11.3 Å². The van der Waals surface area contributed by atoms with E-state index >= 15 is 0 Å². The van der Waals surface area contributed by atoms with E-state index in [1.165, 1.54) is 11.3 Å². The van der Waals surface area contributed by atoms with Crippen molar-refractivity contribution in [3.8, 4) is 0 Å². The molecule has 0 saturated heterocycles. The SMILES string of the molecule is C=CCOC[C@@H]1CN(Cc2ccsc2)Cc2ccnn2C1. The van der Waals surface area contributed by atoms with E-state index in [-0.39, 0.29) is 0 Å². The highest BCUT2D eigenvalue weighted by Gasteiger charge is 2.22. The first-order chi connectivity index (χ1) is 10.3. The maximum Gasteiger partial charge on any atom is 0.0645 e. The number of ether oxygens (including phenoxy) is 1. The zero-order chi connectivity index (χ0) is 14.5. The third-order valence-electron chi connectivity index (χ3n) is 3.71. The Bertz CT molecular complexity index is 564. The van der Waals surface area contributed by atoms with E-state index in [4.69, 9.17) is 4.74 Å². The van der Waals surface area contributed by atoms with Crippen molar-refractivity contribution in [2.45, 2.75) is 19.6 Å². The summed E-state index contributed by atoms with van der Waals surface area (Å²) in [7, 11) is 0. The fourth-order valence-electron chi connectivity index (χ4n) is 2.80. The maximum absolute atomic E-state index is 5.67. The molecule has 0 amide bonds. The van der Waals surface area contributed by atoms with Crippen LogP contribution in [-0.4, -0.2) is 34.4 Å². The van der Waals surface area contributed by atoms with E-state index in [1.807, 2.05) is 6.20 Å². The van der Waals surface area contributed by atoms with Crippen LogP contribution in [0.3, 0.4) is 0 Å². The van der Waals surface area contributed by atoms with Crippen molar-refractivity contribution in [3.05, 3.63) is 53.0 Å². The molecule has 0 aromatic carbocycles. The maximum atomic E-state index is 5.67. The standard InChI is InChI=1S/C16H21N3OS/c1-2-6-20-12-15-9-18(8-14-4-7-21-13-14)11-16-3-5-17-19(16)10-15/h2-5,7,13,15H,1,6,8-12H2/t15-/m1/s1. The molecule has 5 heteroatoms. The summed E-state index contributed by atoms with van der Waals surface area (Å²) in [6.45, 7) is 8.99. The smallest absolute Gasteiger partial charge is 0.0645 e. The van der Waals surface area contributed by atoms with Gasteiger partial charge in [-0.05, 0) is 28.5 Å². The molecule has 4 nitrogen and oxygen atoms in total. The van der Waals surface area contributed by atoms with Gasteiger partial charge in [0.1, 0.15) is 0 Å². The number of thiophene rings is 1. The van der Waals surface area contributed by atoms with Crippen molar-refractivity contribution in [1.29, 1.82) is 0 Å². The zero-order valence-corrected chi connectivity index (χ0v) is 13.0. The molecule has 0 unspecified atom stereocenters. The van der Waals surface area contributed by atoms with E-state index in [2.05, 4.69) is 44.2 Å². The average Bonchev–Trinajstić information content (AvgIpc) is 3.09. The minimum absolute atomic E-state index is 0.463. The lowest BCUT2D eigenvalue weighted by Crippen LogP contribution is -2.30. The predicted molar refractivity (Wildman–Crippen MR) is 85.2 cm³/mol. The number of hydrogen-bond acceptors (Lipinski definition) is 4. The quantitative estimate of drug-likeness (QED) is 0.607. The summed E-state index contributed by atoms with van der Waals surface area (Å²) >= 11 is 1.76. The van der Waals surface area contributed by atoms with Gasteiger partial charge in [0.15, 0.2) is 0 Å². The molecule has 1 aliphatic rings. The van der Waals surface area contributed by atoms with Crippen LogP contribution in [0.2, 0.25) is 0 Å². The van der Waals surface area contributed by atoms with Crippen LogP contribution in [-0.2, 0) is 24.4 Å². The van der Waals surface area contributed by atoms with Gasteiger partial charge in [-0.1, -0.05) is 6.08 Å². The number of hydrogen-bond donors (Lipinski definition) is 0. The Morgan fingerprint density at radius 3 is 3.19 bits per heavy atom. The van der Waals surface area contributed by atoms with E-state index < -0.39 is 0 Å². The van der Waals surface area contributed by atoms with Crippen LogP contribution >= 0.6 is 11.3 Å². The van der Waals surface area contributed by atoms with Crippen molar-refractivity contribution in [2.24, 2.45) is 5.92 Å². The van der Waals surface area contributed by atoms with Gasteiger partial charge in [-0.2, -0.15) is 16.4 Å². The fourth-order valence-corrected chi connectivity index (χ4v) is 3.46. The summed E-state index contributed by atoms with van der Waals surface area (Å²) in [5.41, 5.74) is 2.68. The second-order valence-electron chi connectivity index (χ2n) is 5.50. The van der Waals surface area contributed by atoms with Gasteiger partial charge in [0, 0.05) is 38.3 Å². The minimum atomic E-state index is 0.463. The molecule has 3 rings (SSSR count). The third kappa shape index (κ3) is 3.81. The Morgan fingerprint density at radius 1 is 1.43 bits per heavy atom. The van der Waals surface area contributed by atoms with Crippen molar-refractivity contribution >= 4 is 11.3 Å². The van der Waals surface area contributed by atoms with Gasteiger partial charge >= 0.3 is 0 Å². The molecule has 2 aromatic heterocycles. The summed E-state index contributed by atoms with van der Waals surface area (Å²) in [5.74, 6) is 0.463. The van der Waals surface area contributed by atoms with Crippen molar-refractivity contribution in [2.75, 3.05) is 19.8 Å². The first-order valence-corrected chi connectivity index (χ1v) is 8.22. The van der Waals surface area contributed by atoms with E-state index in [0.29, 0.717) is 12.5 Å². The first kappa shape index (κ1) is 14.5. The highest BCUT2D eigenvalue weighted by molar-refractivity contribution is 7.07. The molecule has 112 valence electrons. The van der Waals surface area contributed by atoms with E-state index in [1.54, 1.807) is 17.4 Å². The molecule has 0 bridgehead atoms. The zero-order valence-electron chi connectivity index (χ0n) is 12.1. The molecule has 0 N–H and O–H groups in total. The molecular formula is C16H21N3OS. The molecule has 0 spiro atoms. The fraction of sp³-hybridized carbons (Fsp3) is 0.438. The summed E-state index contributed by atoms with van der Waals surface area (Å²) in [4.78, 5) is 2.49. The molecule has 0 aliphatic carbocycles. The monoisotopic (exact) mass is 303 g/mol. The third-order valence-corrected chi connectivity index (χ3v) is 4.45. The Labute approximate surface area is 129 Å². The van der Waals surface area contributed by atoms with Gasteiger partial charge in [0.2, 0.25) is 0 Å². The summed E-state index contributed by atoms with van der Waals surface area (Å²) in [5, 5.41) is 8.81. The lowest BCUT2D eigenvalue weighted by Gasteiger charge is -2.23. The van der Waals surface area contributed by atoms with Crippen molar-refractivity contribution in [3.63, 3.8) is 0 Å². The molecule has 0 saturated carbocycles. The largest absolute Gasteiger partial charge is 0.377 e. The van der Waals surface area contributed by atoms with Gasteiger partial charge < -0.3 is 4.74 Å². The average molecular weight is 303 g/mol. The Hall–Kier alpha value is -1.43. The number of fused-ring (bicyclic) bond motifs is 1. The second-order valence-corrected chi connectivity index (χ2v) is 6.28. The molecule has 2 aromatic rings. The van der Waals surface area contributed by atoms with Crippen LogP contribution in [0.25, 0.3) is 0 Å². The molecular weight excluding hydrogens is 282 g/mol. The highest BCUT2D eigenvalue weighted by atomic mass is 32.1. The van der Waals surface area contributed by atoms with Crippen LogP contribution in [0.4, 0.5) is 0 Å². The molecule has 0 fully saturated rings. The Balaban J connectivity index is 1.69. The summed E-state index contributed by atoms with van der Waals surface area (Å²) < 4.78 is 7.79. The van der Waals surface area contributed by atoms with Crippen molar-refractivity contribution < 1.29 is 4.74 Å². The number of rotatable bonds is 6. The van der Waals surface area contributed by atoms with Crippen LogP contribution in [0, 0.1) is 5.92 Å². The molecule has 1 atom stereocenters. The first-order valence-electron chi connectivity index (χ1n) is 7.28. The van der Waals surface area contributed by atoms with Gasteiger partial charge in [0.05, 0.1) is 18.9 Å². The van der Waals surface area contributed by atoms with Gasteiger partial charge in [-0.3, -0.25) is 9.58 Å². The van der Waals surface area contributed by atoms with Crippen molar-refractivity contribution in [1.82, 2.24) is 14.7 Å².